The van der Waals surface area contributed by atoms with Crippen LogP contribution in [0.3, 0.4) is 0 Å². The van der Waals surface area contributed by atoms with Crippen LogP contribution >= 0.6 is 0 Å². The maximum absolute atomic E-state index is 10.9. The summed E-state index contributed by atoms with van der Waals surface area (Å²) in [6, 6.07) is 0. The highest BCUT2D eigenvalue weighted by molar-refractivity contribution is 5.71. The van der Waals surface area contributed by atoms with E-state index >= 15 is 0 Å². The van der Waals surface area contributed by atoms with Crippen molar-refractivity contribution in [3.05, 3.63) is 0 Å². The minimum absolute atomic E-state index is 0.143. The molecule has 0 radical (unpaired) electrons. The fraction of sp³-hybridized carbons (Fsp3) is 0.889. The first-order chi connectivity index (χ1) is 5.75. The summed E-state index contributed by atoms with van der Waals surface area (Å²) >= 11 is 0. The van der Waals surface area contributed by atoms with E-state index in [1.54, 1.807) is 0 Å². The van der Waals surface area contributed by atoms with Gasteiger partial charge < -0.3 is 4.89 Å². The van der Waals surface area contributed by atoms with Crippen LogP contribution in [-0.4, -0.2) is 11.2 Å². The molecule has 3 heteroatoms. The summed E-state index contributed by atoms with van der Waals surface area (Å²) in [5, 5.41) is 8.19. The molecule has 0 aliphatic heterocycles. The summed E-state index contributed by atoms with van der Waals surface area (Å²) in [5.41, 5.74) is 0. The Balaban J connectivity index is 2.39. The highest BCUT2D eigenvalue weighted by Gasteiger charge is 2.26. The van der Waals surface area contributed by atoms with Crippen molar-refractivity contribution in [3.63, 3.8) is 0 Å². The predicted molar refractivity (Wildman–Crippen MR) is 44.5 cm³/mol. The summed E-state index contributed by atoms with van der Waals surface area (Å²) in [7, 11) is 0. The van der Waals surface area contributed by atoms with Gasteiger partial charge in [-0.1, -0.05) is 26.2 Å². The zero-order valence-electron chi connectivity index (χ0n) is 7.45. The third kappa shape index (κ3) is 2.21. The molecule has 0 amide bonds. The molecule has 1 atom stereocenters. The Morgan fingerprint density at radius 1 is 1.42 bits per heavy atom. The summed E-state index contributed by atoms with van der Waals surface area (Å²) in [6.07, 6.45) is 5.87. The average Bonchev–Trinajstić information content (AvgIpc) is 2.17. The lowest BCUT2D eigenvalue weighted by Gasteiger charge is -2.24. The first kappa shape index (κ1) is 9.52. The number of hydrogen-bond acceptors (Lipinski definition) is 3. The van der Waals surface area contributed by atoms with Crippen LogP contribution in [0.2, 0.25) is 0 Å². The number of rotatable bonds is 2. The third-order valence-electron chi connectivity index (χ3n) is 2.82. The predicted octanol–water partition coefficient (Wildman–Crippen LogP) is 2.22. The molecule has 0 unspecified atom stereocenters. The number of carbonyl (C=O) groups excluding carboxylic acids is 1. The average molecular weight is 172 g/mol. The van der Waals surface area contributed by atoms with Crippen molar-refractivity contribution < 1.29 is 14.9 Å². The fourth-order valence-electron chi connectivity index (χ4n) is 1.91. The molecule has 0 spiro atoms. The second-order valence-electron chi connectivity index (χ2n) is 3.60. The first-order valence-electron chi connectivity index (χ1n) is 4.61. The first-order valence-corrected chi connectivity index (χ1v) is 4.61. The van der Waals surface area contributed by atoms with Gasteiger partial charge in [-0.2, -0.15) is 5.26 Å². The maximum atomic E-state index is 10.9. The fourth-order valence-corrected chi connectivity index (χ4v) is 1.91. The topological polar surface area (TPSA) is 46.5 Å². The number of hydrogen-bond donors (Lipinski definition) is 1. The van der Waals surface area contributed by atoms with Crippen molar-refractivity contribution in [1.82, 2.24) is 0 Å². The van der Waals surface area contributed by atoms with E-state index in [-0.39, 0.29) is 5.92 Å². The molecule has 1 rings (SSSR count). The van der Waals surface area contributed by atoms with Crippen LogP contribution in [0.4, 0.5) is 0 Å². The molecule has 0 aromatic carbocycles. The van der Waals surface area contributed by atoms with E-state index in [1.807, 2.05) is 6.92 Å². The zero-order valence-corrected chi connectivity index (χ0v) is 7.45. The number of carbonyl (C=O) groups is 1. The van der Waals surface area contributed by atoms with Crippen molar-refractivity contribution in [2.75, 3.05) is 0 Å². The van der Waals surface area contributed by atoms with Gasteiger partial charge in [0.05, 0.1) is 5.92 Å². The second kappa shape index (κ2) is 4.45. The van der Waals surface area contributed by atoms with Crippen molar-refractivity contribution in [1.29, 1.82) is 0 Å². The highest BCUT2D eigenvalue weighted by atomic mass is 17.1. The van der Waals surface area contributed by atoms with Gasteiger partial charge in [0, 0.05) is 0 Å². The van der Waals surface area contributed by atoms with Crippen LogP contribution < -0.4 is 0 Å². The Labute approximate surface area is 72.7 Å². The zero-order chi connectivity index (χ0) is 8.97. The molecular formula is C9H16O3. The van der Waals surface area contributed by atoms with Crippen LogP contribution in [0.25, 0.3) is 0 Å². The van der Waals surface area contributed by atoms with Gasteiger partial charge in [-0.3, -0.25) is 0 Å². The van der Waals surface area contributed by atoms with Crippen molar-refractivity contribution in [2.45, 2.75) is 39.0 Å². The Morgan fingerprint density at radius 2 is 2.00 bits per heavy atom. The van der Waals surface area contributed by atoms with Crippen molar-refractivity contribution in [3.8, 4) is 0 Å². The third-order valence-corrected chi connectivity index (χ3v) is 2.82. The SMILES string of the molecule is C[C@H](C(=O)OO)C1CCCCC1. The molecule has 0 heterocycles. The molecule has 0 aromatic heterocycles. The van der Waals surface area contributed by atoms with Gasteiger partial charge in [0.15, 0.2) is 0 Å². The van der Waals surface area contributed by atoms with E-state index in [1.165, 1.54) is 19.3 Å². The summed E-state index contributed by atoms with van der Waals surface area (Å²) < 4.78 is 0. The highest BCUT2D eigenvalue weighted by Crippen LogP contribution is 2.30. The summed E-state index contributed by atoms with van der Waals surface area (Å²) in [4.78, 5) is 14.7. The van der Waals surface area contributed by atoms with Gasteiger partial charge in [-0.15, -0.1) is 0 Å². The largest absolute Gasteiger partial charge is 0.345 e. The molecule has 1 aliphatic carbocycles. The molecule has 1 saturated carbocycles. The molecule has 0 saturated heterocycles. The van der Waals surface area contributed by atoms with Gasteiger partial charge >= 0.3 is 5.97 Å². The van der Waals surface area contributed by atoms with Gasteiger partial charge in [0.1, 0.15) is 0 Å². The molecule has 3 nitrogen and oxygen atoms in total. The smallest absolute Gasteiger partial charge is 0.301 e. The minimum atomic E-state index is -0.484. The standard InChI is InChI=1S/C9H16O3/c1-7(9(10)12-11)8-5-3-2-4-6-8/h7-8,11H,2-6H2,1H3/t7-/m0/s1. The lowest BCUT2D eigenvalue weighted by molar-refractivity contribution is -0.240. The van der Waals surface area contributed by atoms with Crippen molar-refractivity contribution >= 4 is 5.97 Å². The quantitative estimate of drug-likeness (QED) is 0.513. The molecule has 1 fully saturated rings. The van der Waals surface area contributed by atoms with Gasteiger partial charge in [0.2, 0.25) is 0 Å². The van der Waals surface area contributed by atoms with E-state index in [0.717, 1.165) is 12.8 Å². The van der Waals surface area contributed by atoms with Gasteiger partial charge in [-0.05, 0) is 18.8 Å². The van der Waals surface area contributed by atoms with Gasteiger partial charge in [0.25, 0.3) is 0 Å². The minimum Gasteiger partial charge on any atom is -0.301 e. The summed E-state index contributed by atoms with van der Waals surface area (Å²) in [6.45, 7) is 1.83. The molecule has 0 aromatic rings. The van der Waals surface area contributed by atoms with E-state index < -0.39 is 5.97 Å². The monoisotopic (exact) mass is 172 g/mol. The molecule has 70 valence electrons. The maximum Gasteiger partial charge on any atom is 0.345 e. The molecular weight excluding hydrogens is 156 g/mol. The Bertz CT molecular complexity index is 150. The van der Waals surface area contributed by atoms with Crippen LogP contribution in [0.5, 0.6) is 0 Å². The van der Waals surface area contributed by atoms with Crippen molar-refractivity contribution in [2.24, 2.45) is 11.8 Å². The van der Waals surface area contributed by atoms with Crippen LogP contribution in [0.1, 0.15) is 39.0 Å². The Morgan fingerprint density at radius 3 is 2.50 bits per heavy atom. The lowest BCUT2D eigenvalue weighted by atomic mass is 9.81. The normalized spacial score (nSPS) is 21.8. The van der Waals surface area contributed by atoms with E-state index in [0.29, 0.717) is 5.92 Å². The second-order valence-corrected chi connectivity index (χ2v) is 3.60. The van der Waals surface area contributed by atoms with Crippen LogP contribution in [-0.2, 0) is 9.68 Å². The molecule has 12 heavy (non-hydrogen) atoms. The summed E-state index contributed by atoms with van der Waals surface area (Å²) in [5.74, 6) is -0.212. The Kier molecular flexibility index (Phi) is 3.53. The molecule has 1 aliphatic rings. The van der Waals surface area contributed by atoms with E-state index in [9.17, 15) is 4.79 Å². The van der Waals surface area contributed by atoms with E-state index in [2.05, 4.69) is 4.89 Å². The molecule has 0 bridgehead atoms. The molecule has 1 N–H and O–H groups in total. The van der Waals surface area contributed by atoms with Gasteiger partial charge in [-0.25, -0.2) is 4.79 Å². The van der Waals surface area contributed by atoms with Crippen LogP contribution in [0, 0.1) is 11.8 Å². The van der Waals surface area contributed by atoms with Crippen LogP contribution in [0.15, 0.2) is 0 Å². The van der Waals surface area contributed by atoms with E-state index in [4.69, 9.17) is 5.26 Å². The Hall–Kier alpha value is -0.570. The lowest BCUT2D eigenvalue weighted by Crippen LogP contribution is -2.24.